The minimum atomic E-state index is -4.84. The number of nitrogens with one attached hydrogen (secondary N) is 2. The van der Waals surface area contributed by atoms with Crippen molar-refractivity contribution in [3.8, 4) is 0 Å². The lowest BCUT2D eigenvalue weighted by Gasteiger charge is -2.14. The van der Waals surface area contributed by atoms with E-state index in [1.54, 1.807) is 12.1 Å². The van der Waals surface area contributed by atoms with Crippen molar-refractivity contribution in [2.24, 2.45) is 0 Å². The van der Waals surface area contributed by atoms with E-state index in [-0.39, 0.29) is 17.3 Å². The van der Waals surface area contributed by atoms with Crippen molar-refractivity contribution in [3.05, 3.63) is 59.4 Å². The average molecular weight is 355 g/mol. The molecule has 9 heteroatoms. The second-order valence-electron chi connectivity index (χ2n) is 5.01. The molecule has 25 heavy (non-hydrogen) atoms. The molecule has 0 atom stereocenters. The summed E-state index contributed by atoms with van der Waals surface area (Å²) in [6, 6.07) is 7.97. The van der Waals surface area contributed by atoms with Gasteiger partial charge in [0.15, 0.2) is 0 Å². The summed E-state index contributed by atoms with van der Waals surface area (Å²) < 4.78 is 51.6. The fourth-order valence-electron chi connectivity index (χ4n) is 2.01. The van der Waals surface area contributed by atoms with Crippen LogP contribution in [0.4, 0.5) is 28.9 Å². The lowest BCUT2D eigenvalue weighted by atomic mass is 10.1. The molecule has 132 valence electrons. The number of hydrogen-bond donors (Lipinski definition) is 3. The first-order valence-corrected chi connectivity index (χ1v) is 6.98. The molecular formula is C16H13F4N3O2. The zero-order chi connectivity index (χ0) is 18.6. The number of para-hydroxylation sites is 1. The van der Waals surface area contributed by atoms with Gasteiger partial charge in [-0.15, -0.1) is 0 Å². The number of rotatable bonds is 4. The van der Waals surface area contributed by atoms with Gasteiger partial charge in [-0.1, -0.05) is 12.1 Å². The molecule has 0 bridgehead atoms. The molecular weight excluding hydrogens is 342 g/mol. The summed E-state index contributed by atoms with van der Waals surface area (Å²) in [6.07, 6.45) is -4.84. The minimum Gasteiger partial charge on any atom is -0.398 e. The molecule has 4 N–H and O–H groups in total. The third-order valence-electron chi connectivity index (χ3n) is 3.18. The monoisotopic (exact) mass is 355 g/mol. The highest BCUT2D eigenvalue weighted by Crippen LogP contribution is 2.35. The molecule has 0 saturated heterocycles. The van der Waals surface area contributed by atoms with Crippen LogP contribution in [0.5, 0.6) is 0 Å². The van der Waals surface area contributed by atoms with Gasteiger partial charge >= 0.3 is 6.18 Å². The van der Waals surface area contributed by atoms with Crippen LogP contribution in [0.2, 0.25) is 0 Å². The number of hydrogen-bond acceptors (Lipinski definition) is 3. The van der Waals surface area contributed by atoms with Crippen LogP contribution in [0.25, 0.3) is 0 Å². The predicted octanol–water partition coefficient (Wildman–Crippen LogP) is 2.80. The van der Waals surface area contributed by atoms with Crippen molar-refractivity contribution in [3.63, 3.8) is 0 Å². The smallest absolute Gasteiger partial charge is 0.398 e. The van der Waals surface area contributed by atoms with E-state index in [1.807, 2.05) is 5.32 Å². The molecule has 0 aliphatic carbocycles. The Hall–Kier alpha value is -3.10. The molecule has 0 heterocycles. The van der Waals surface area contributed by atoms with Crippen molar-refractivity contribution in [2.45, 2.75) is 6.18 Å². The van der Waals surface area contributed by atoms with Crippen LogP contribution >= 0.6 is 0 Å². The lowest BCUT2D eigenvalue weighted by Crippen LogP contribution is -2.33. The van der Waals surface area contributed by atoms with Crippen molar-refractivity contribution in [2.75, 3.05) is 17.6 Å². The first-order valence-electron chi connectivity index (χ1n) is 6.98. The van der Waals surface area contributed by atoms with Gasteiger partial charge in [0, 0.05) is 5.69 Å². The molecule has 0 spiro atoms. The lowest BCUT2D eigenvalue weighted by molar-refractivity contribution is -0.137. The van der Waals surface area contributed by atoms with Gasteiger partial charge in [0.05, 0.1) is 23.4 Å². The van der Waals surface area contributed by atoms with Gasteiger partial charge in [-0.2, -0.15) is 13.2 Å². The molecule has 0 aromatic heterocycles. The highest BCUT2D eigenvalue weighted by atomic mass is 19.4. The van der Waals surface area contributed by atoms with E-state index in [4.69, 9.17) is 5.73 Å². The number of benzene rings is 2. The average Bonchev–Trinajstić information content (AvgIpc) is 2.54. The quantitative estimate of drug-likeness (QED) is 0.582. The minimum absolute atomic E-state index is 0.132. The number of anilines is 2. The molecule has 2 aromatic carbocycles. The zero-order valence-electron chi connectivity index (χ0n) is 12.7. The van der Waals surface area contributed by atoms with Crippen LogP contribution in [0.3, 0.4) is 0 Å². The summed E-state index contributed by atoms with van der Waals surface area (Å²) in [5.74, 6) is -2.64. The van der Waals surface area contributed by atoms with E-state index in [0.717, 1.165) is 12.1 Å². The van der Waals surface area contributed by atoms with E-state index in [2.05, 4.69) is 5.32 Å². The topological polar surface area (TPSA) is 84.2 Å². The first-order chi connectivity index (χ1) is 11.7. The summed E-state index contributed by atoms with van der Waals surface area (Å²) in [5, 5.41) is 4.24. The fraction of sp³-hybridized carbons (Fsp3) is 0.125. The van der Waals surface area contributed by atoms with E-state index < -0.39 is 41.6 Å². The van der Waals surface area contributed by atoms with Crippen LogP contribution < -0.4 is 16.4 Å². The summed E-state index contributed by atoms with van der Waals surface area (Å²) in [5.41, 5.74) is 4.01. The maximum absolute atomic E-state index is 13.0. The van der Waals surface area contributed by atoms with Gasteiger partial charge in [0.25, 0.3) is 5.91 Å². The Kier molecular flexibility index (Phi) is 5.26. The maximum Gasteiger partial charge on any atom is 0.418 e. The molecule has 2 aromatic rings. The summed E-state index contributed by atoms with van der Waals surface area (Å²) >= 11 is 0. The Morgan fingerprint density at radius 3 is 2.40 bits per heavy atom. The van der Waals surface area contributed by atoms with Crippen LogP contribution in [0.15, 0.2) is 42.5 Å². The maximum atomic E-state index is 13.0. The van der Waals surface area contributed by atoms with Gasteiger partial charge in [-0.25, -0.2) is 4.39 Å². The second kappa shape index (κ2) is 7.20. The Labute approximate surface area is 139 Å². The number of amides is 2. The third-order valence-corrected chi connectivity index (χ3v) is 3.18. The number of nitrogen functional groups attached to an aromatic ring is 1. The molecule has 0 saturated carbocycles. The molecule has 0 aliphatic heterocycles. The SMILES string of the molecule is Nc1ccccc1C(=O)NCC(=O)Nc1ccc(F)cc1C(F)(F)F. The third kappa shape index (κ3) is 4.69. The molecule has 0 radical (unpaired) electrons. The standard InChI is InChI=1S/C16H13F4N3O2/c17-9-5-6-13(11(7-9)16(18,19)20)23-14(24)8-22-15(25)10-3-1-2-4-12(10)21/h1-7H,8,21H2,(H,22,25)(H,23,24). The highest BCUT2D eigenvalue weighted by Gasteiger charge is 2.34. The fourth-order valence-corrected chi connectivity index (χ4v) is 2.01. The van der Waals surface area contributed by atoms with Crippen LogP contribution in [-0.2, 0) is 11.0 Å². The van der Waals surface area contributed by atoms with Crippen LogP contribution in [0, 0.1) is 5.82 Å². The van der Waals surface area contributed by atoms with Gasteiger partial charge < -0.3 is 16.4 Å². The molecule has 0 aliphatic rings. The largest absolute Gasteiger partial charge is 0.418 e. The molecule has 2 rings (SSSR count). The predicted molar refractivity (Wildman–Crippen MR) is 83.2 cm³/mol. The normalized spacial score (nSPS) is 11.0. The van der Waals surface area contributed by atoms with E-state index >= 15 is 0 Å². The molecule has 5 nitrogen and oxygen atoms in total. The Morgan fingerprint density at radius 2 is 1.76 bits per heavy atom. The van der Waals surface area contributed by atoms with Crippen molar-refractivity contribution in [1.82, 2.24) is 5.32 Å². The number of alkyl halides is 3. The van der Waals surface area contributed by atoms with Crippen molar-refractivity contribution < 1.29 is 27.2 Å². The Morgan fingerprint density at radius 1 is 1.08 bits per heavy atom. The van der Waals surface area contributed by atoms with E-state index in [1.165, 1.54) is 12.1 Å². The van der Waals surface area contributed by atoms with E-state index in [0.29, 0.717) is 0 Å². The molecule has 2 amide bonds. The Balaban J connectivity index is 2.04. The number of nitrogens with two attached hydrogens (primary N) is 1. The summed E-state index contributed by atoms with van der Waals surface area (Å²) in [7, 11) is 0. The van der Waals surface area contributed by atoms with Gasteiger partial charge in [0.2, 0.25) is 5.91 Å². The van der Waals surface area contributed by atoms with Gasteiger partial charge in [-0.05, 0) is 30.3 Å². The van der Waals surface area contributed by atoms with Crippen molar-refractivity contribution in [1.29, 1.82) is 0 Å². The zero-order valence-corrected chi connectivity index (χ0v) is 12.7. The summed E-state index contributed by atoms with van der Waals surface area (Å²) in [6.45, 7) is -0.582. The van der Waals surface area contributed by atoms with E-state index in [9.17, 15) is 27.2 Å². The highest BCUT2D eigenvalue weighted by molar-refractivity contribution is 6.02. The summed E-state index contributed by atoms with van der Waals surface area (Å²) in [4.78, 5) is 23.7. The van der Waals surface area contributed by atoms with Crippen LogP contribution in [0.1, 0.15) is 15.9 Å². The first kappa shape index (κ1) is 18.2. The molecule has 0 unspecified atom stereocenters. The van der Waals surface area contributed by atoms with Crippen molar-refractivity contribution >= 4 is 23.2 Å². The van der Waals surface area contributed by atoms with Crippen LogP contribution in [-0.4, -0.2) is 18.4 Å². The van der Waals surface area contributed by atoms with Gasteiger partial charge in [0.1, 0.15) is 5.82 Å². The van der Waals surface area contributed by atoms with Gasteiger partial charge in [-0.3, -0.25) is 9.59 Å². The Bertz CT molecular complexity index is 806. The second-order valence-corrected chi connectivity index (χ2v) is 5.01. The molecule has 0 fully saturated rings. The number of carbonyl (C=O) groups is 2. The number of halogens is 4. The number of carbonyl (C=O) groups excluding carboxylic acids is 2.